The zero-order valence-electron chi connectivity index (χ0n) is 10.2. The van der Waals surface area contributed by atoms with Gasteiger partial charge in [0.2, 0.25) is 5.92 Å². The lowest BCUT2D eigenvalue weighted by Crippen LogP contribution is -2.54. The smallest absolute Gasteiger partial charge is 0.250 e. The predicted octanol–water partition coefficient (Wildman–Crippen LogP) is 3.51. The monoisotopic (exact) mass is 282 g/mol. The lowest BCUT2D eigenvalue weighted by atomic mass is 9.63. The molecule has 0 unspecified atom stereocenters. The number of hydrogen-bond acceptors (Lipinski definition) is 2. The molecule has 5 heteroatoms. The highest BCUT2D eigenvalue weighted by molar-refractivity contribution is 6.34. The molecule has 1 aliphatic carbocycles. The summed E-state index contributed by atoms with van der Waals surface area (Å²) in [5.74, 6) is -2.64. The van der Waals surface area contributed by atoms with Crippen molar-refractivity contribution in [1.29, 1.82) is 0 Å². The van der Waals surface area contributed by atoms with Gasteiger partial charge in [0.1, 0.15) is 5.15 Å². The van der Waals surface area contributed by atoms with Crippen LogP contribution < -0.4 is 5.73 Å². The summed E-state index contributed by atoms with van der Waals surface area (Å²) in [6.07, 6.45) is -0.504. The SMILES string of the molecule is NCC1(c2cc3ccccc3c(Cl)n2)CC(F)(F)C1. The molecule has 1 aliphatic rings. The molecule has 3 rings (SSSR count). The second kappa shape index (κ2) is 4.12. The van der Waals surface area contributed by atoms with Crippen LogP contribution in [0.1, 0.15) is 18.5 Å². The van der Waals surface area contributed by atoms with Gasteiger partial charge in [0.05, 0.1) is 5.69 Å². The van der Waals surface area contributed by atoms with Crippen molar-refractivity contribution in [3.63, 3.8) is 0 Å². The van der Waals surface area contributed by atoms with Crippen LogP contribution in [-0.2, 0) is 5.41 Å². The van der Waals surface area contributed by atoms with Crippen LogP contribution in [0.4, 0.5) is 8.78 Å². The minimum absolute atomic E-state index is 0.157. The van der Waals surface area contributed by atoms with Crippen molar-refractivity contribution in [2.75, 3.05) is 6.54 Å². The summed E-state index contributed by atoms with van der Waals surface area (Å²) < 4.78 is 26.4. The van der Waals surface area contributed by atoms with E-state index in [2.05, 4.69) is 4.98 Å². The fourth-order valence-corrected chi connectivity index (χ4v) is 3.06. The zero-order valence-corrected chi connectivity index (χ0v) is 10.9. The molecular formula is C14H13ClF2N2. The second-order valence-electron chi connectivity index (χ2n) is 5.21. The maximum atomic E-state index is 13.2. The van der Waals surface area contributed by atoms with Gasteiger partial charge in [0.15, 0.2) is 0 Å². The minimum Gasteiger partial charge on any atom is -0.330 e. The number of halogens is 3. The molecule has 1 saturated carbocycles. The normalized spacial score (nSPS) is 20.2. The summed E-state index contributed by atoms with van der Waals surface area (Å²) in [4.78, 5) is 4.28. The second-order valence-corrected chi connectivity index (χ2v) is 5.57. The average molecular weight is 283 g/mol. The maximum Gasteiger partial charge on any atom is 0.250 e. The van der Waals surface area contributed by atoms with Crippen LogP contribution in [0.15, 0.2) is 30.3 Å². The summed E-state index contributed by atoms with van der Waals surface area (Å²) >= 11 is 6.14. The van der Waals surface area contributed by atoms with Gasteiger partial charge >= 0.3 is 0 Å². The Morgan fingerprint density at radius 1 is 1.26 bits per heavy atom. The Morgan fingerprint density at radius 3 is 2.58 bits per heavy atom. The Balaban J connectivity index is 2.11. The van der Waals surface area contributed by atoms with Crippen LogP contribution >= 0.6 is 11.6 Å². The number of benzene rings is 1. The molecule has 1 heterocycles. The van der Waals surface area contributed by atoms with Crippen molar-refractivity contribution in [3.05, 3.63) is 41.2 Å². The summed E-state index contributed by atoms with van der Waals surface area (Å²) in [7, 11) is 0. The summed E-state index contributed by atoms with van der Waals surface area (Å²) in [5.41, 5.74) is 5.53. The van der Waals surface area contributed by atoms with Gasteiger partial charge in [-0.25, -0.2) is 13.8 Å². The maximum absolute atomic E-state index is 13.2. The molecule has 19 heavy (non-hydrogen) atoms. The first-order chi connectivity index (χ1) is 8.96. The third kappa shape index (κ3) is 1.99. The average Bonchev–Trinajstić information content (AvgIpc) is 2.35. The van der Waals surface area contributed by atoms with Crippen molar-refractivity contribution in [1.82, 2.24) is 4.98 Å². The lowest BCUT2D eigenvalue weighted by molar-refractivity contribution is -0.125. The molecular weight excluding hydrogens is 270 g/mol. The van der Waals surface area contributed by atoms with Crippen molar-refractivity contribution < 1.29 is 8.78 Å². The number of aromatic nitrogens is 1. The molecule has 0 bridgehead atoms. The van der Waals surface area contributed by atoms with Crippen LogP contribution in [0.5, 0.6) is 0 Å². The Labute approximate surface area is 114 Å². The third-order valence-corrected chi connectivity index (χ3v) is 4.11. The highest BCUT2D eigenvalue weighted by atomic mass is 35.5. The molecule has 0 aliphatic heterocycles. The highest BCUT2D eigenvalue weighted by Gasteiger charge is 2.57. The van der Waals surface area contributed by atoms with E-state index < -0.39 is 11.3 Å². The molecule has 0 radical (unpaired) electrons. The molecule has 0 atom stereocenters. The van der Waals surface area contributed by atoms with Gasteiger partial charge in [-0.1, -0.05) is 35.9 Å². The highest BCUT2D eigenvalue weighted by Crippen LogP contribution is 2.52. The molecule has 0 amide bonds. The fourth-order valence-electron chi connectivity index (χ4n) is 2.80. The Morgan fingerprint density at radius 2 is 1.95 bits per heavy atom. The predicted molar refractivity (Wildman–Crippen MR) is 71.7 cm³/mol. The van der Waals surface area contributed by atoms with Gasteiger partial charge in [-0.2, -0.15) is 0 Å². The van der Waals surface area contributed by atoms with Crippen molar-refractivity contribution >= 4 is 22.4 Å². The molecule has 0 saturated heterocycles. The number of hydrogen-bond donors (Lipinski definition) is 1. The fraction of sp³-hybridized carbons (Fsp3) is 0.357. The van der Waals surface area contributed by atoms with Crippen LogP contribution in [0.25, 0.3) is 10.8 Å². The van der Waals surface area contributed by atoms with Gasteiger partial charge in [-0.05, 0) is 11.5 Å². The molecule has 1 aromatic heterocycles. The van der Waals surface area contributed by atoms with E-state index >= 15 is 0 Å². The van der Waals surface area contributed by atoms with E-state index in [-0.39, 0.29) is 19.4 Å². The molecule has 2 N–H and O–H groups in total. The Bertz CT molecular complexity index is 634. The van der Waals surface area contributed by atoms with Gasteiger partial charge in [-0.3, -0.25) is 0 Å². The topological polar surface area (TPSA) is 38.9 Å². The molecule has 100 valence electrons. The standard InChI is InChI=1S/C14H13ClF2N2/c15-12-10-4-2-1-3-9(10)5-11(19-12)13(8-18)6-14(16,17)7-13/h1-5H,6-8,18H2. The number of nitrogens with two attached hydrogens (primary N) is 1. The quantitative estimate of drug-likeness (QED) is 0.856. The Hall–Kier alpha value is -1.26. The van der Waals surface area contributed by atoms with Crippen molar-refractivity contribution in [2.45, 2.75) is 24.2 Å². The van der Waals surface area contributed by atoms with Gasteiger partial charge in [0, 0.05) is 30.2 Å². The first-order valence-electron chi connectivity index (χ1n) is 6.09. The van der Waals surface area contributed by atoms with E-state index in [1.54, 1.807) is 0 Å². The number of alkyl halides is 2. The van der Waals surface area contributed by atoms with E-state index in [1.807, 2.05) is 30.3 Å². The largest absolute Gasteiger partial charge is 0.330 e. The van der Waals surface area contributed by atoms with E-state index in [1.165, 1.54) is 0 Å². The number of nitrogens with zero attached hydrogens (tertiary/aromatic N) is 1. The molecule has 0 spiro atoms. The zero-order chi connectivity index (χ0) is 13.7. The third-order valence-electron chi connectivity index (χ3n) is 3.82. The first-order valence-corrected chi connectivity index (χ1v) is 6.47. The van der Waals surface area contributed by atoms with Crippen molar-refractivity contribution in [2.24, 2.45) is 5.73 Å². The summed E-state index contributed by atoms with van der Waals surface area (Å²) in [6.45, 7) is 0.157. The van der Waals surface area contributed by atoms with Gasteiger partial charge in [-0.15, -0.1) is 0 Å². The van der Waals surface area contributed by atoms with Crippen LogP contribution in [0, 0.1) is 0 Å². The van der Waals surface area contributed by atoms with E-state index in [0.717, 1.165) is 10.8 Å². The van der Waals surface area contributed by atoms with Gasteiger partial charge < -0.3 is 5.73 Å². The lowest BCUT2D eigenvalue weighted by Gasteiger charge is -2.46. The summed E-state index contributed by atoms with van der Waals surface area (Å²) in [5, 5.41) is 2.07. The number of pyridine rings is 1. The van der Waals surface area contributed by atoms with Crippen LogP contribution in [-0.4, -0.2) is 17.5 Å². The van der Waals surface area contributed by atoms with E-state index in [0.29, 0.717) is 10.8 Å². The molecule has 1 fully saturated rings. The van der Waals surface area contributed by atoms with Crippen molar-refractivity contribution in [3.8, 4) is 0 Å². The van der Waals surface area contributed by atoms with Crippen LogP contribution in [0.3, 0.4) is 0 Å². The molecule has 2 nitrogen and oxygen atoms in total. The van der Waals surface area contributed by atoms with Crippen LogP contribution in [0.2, 0.25) is 5.15 Å². The summed E-state index contributed by atoms with van der Waals surface area (Å²) in [6, 6.07) is 9.33. The first kappa shape index (κ1) is 12.8. The molecule has 2 aromatic rings. The minimum atomic E-state index is -2.64. The van der Waals surface area contributed by atoms with Gasteiger partial charge in [0.25, 0.3) is 0 Å². The molecule has 1 aromatic carbocycles. The number of fused-ring (bicyclic) bond motifs is 1. The number of rotatable bonds is 2. The van der Waals surface area contributed by atoms with E-state index in [4.69, 9.17) is 17.3 Å². The van der Waals surface area contributed by atoms with E-state index in [9.17, 15) is 8.78 Å². The Kier molecular flexibility index (Phi) is 2.76.